The molecule has 1 atom stereocenters. The molecule has 0 bridgehead atoms. The molecule has 1 aliphatic rings. The van der Waals surface area contributed by atoms with Gasteiger partial charge in [-0.05, 0) is 43.0 Å². The topological polar surface area (TPSA) is 49.4 Å². The molecule has 0 spiro atoms. The van der Waals surface area contributed by atoms with Crippen LogP contribution in [0.4, 0.5) is 0 Å². The Hall–Kier alpha value is -1.69. The average Bonchev–Trinajstić information content (AvgIpc) is 3.26. The molecule has 0 aliphatic heterocycles. The first-order valence-corrected chi connectivity index (χ1v) is 12.5. The van der Waals surface area contributed by atoms with Gasteiger partial charge in [0.05, 0.1) is 5.75 Å². The summed E-state index contributed by atoms with van der Waals surface area (Å²) in [5.74, 6) is 0.839. The van der Waals surface area contributed by atoms with Crippen LogP contribution in [0.15, 0.2) is 48.5 Å². The molecular formula is C24H28Cl2N2O2S. The Bertz CT molecular complexity index is 888. The van der Waals surface area contributed by atoms with Crippen LogP contribution >= 0.6 is 35.0 Å². The fourth-order valence-corrected chi connectivity index (χ4v) is 5.06. The van der Waals surface area contributed by atoms with E-state index in [0.717, 1.165) is 37.0 Å². The Morgan fingerprint density at radius 3 is 2.52 bits per heavy atom. The molecule has 0 heterocycles. The molecule has 1 saturated carbocycles. The Morgan fingerprint density at radius 2 is 1.84 bits per heavy atom. The lowest BCUT2D eigenvalue weighted by Crippen LogP contribution is -2.50. The zero-order valence-electron chi connectivity index (χ0n) is 17.7. The first-order chi connectivity index (χ1) is 14.9. The van der Waals surface area contributed by atoms with Crippen molar-refractivity contribution in [1.29, 1.82) is 0 Å². The Labute approximate surface area is 198 Å². The van der Waals surface area contributed by atoms with Gasteiger partial charge >= 0.3 is 0 Å². The summed E-state index contributed by atoms with van der Waals surface area (Å²) in [6, 6.07) is 14.9. The maximum absolute atomic E-state index is 13.2. The van der Waals surface area contributed by atoms with Gasteiger partial charge in [0.2, 0.25) is 11.8 Å². The van der Waals surface area contributed by atoms with E-state index >= 15 is 0 Å². The third-order valence-corrected chi connectivity index (χ3v) is 7.14. The van der Waals surface area contributed by atoms with Gasteiger partial charge in [-0.1, -0.05) is 72.4 Å². The Morgan fingerprint density at radius 1 is 1.13 bits per heavy atom. The zero-order chi connectivity index (χ0) is 22.2. The van der Waals surface area contributed by atoms with Crippen LogP contribution in [0.3, 0.4) is 0 Å². The van der Waals surface area contributed by atoms with E-state index in [1.54, 1.807) is 35.7 Å². The van der Waals surface area contributed by atoms with Crippen molar-refractivity contribution in [1.82, 2.24) is 10.2 Å². The highest BCUT2D eigenvalue weighted by Gasteiger charge is 2.28. The summed E-state index contributed by atoms with van der Waals surface area (Å²) in [5, 5.41) is 4.14. The normalized spacial score (nSPS) is 14.9. The number of carbonyl (C=O) groups is 2. The molecule has 31 heavy (non-hydrogen) atoms. The van der Waals surface area contributed by atoms with E-state index in [1.165, 1.54) is 5.56 Å². The average molecular weight is 479 g/mol. The lowest BCUT2D eigenvalue weighted by Gasteiger charge is -2.30. The van der Waals surface area contributed by atoms with Crippen molar-refractivity contribution in [2.24, 2.45) is 0 Å². The van der Waals surface area contributed by atoms with Crippen LogP contribution in [-0.4, -0.2) is 34.6 Å². The number of halogens is 2. The highest BCUT2D eigenvalue weighted by Crippen LogP contribution is 2.24. The highest BCUT2D eigenvalue weighted by molar-refractivity contribution is 7.99. The van der Waals surface area contributed by atoms with Gasteiger partial charge in [0.25, 0.3) is 0 Å². The Balaban J connectivity index is 1.68. The molecule has 0 unspecified atom stereocenters. The summed E-state index contributed by atoms with van der Waals surface area (Å²) in [5.41, 5.74) is 1.94. The van der Waals surface area contributed by atoms with Gasteiger partial charge in [-0.25, -0.2) is 0 Å². The lowest BCUT2D eigenvalue weighted by atomic mass is 10.1. The second-order valence-corrected chi connectivity index (χ2v) is 9.73. The molecule has 4 nitrogen and oxygen atoms in total. The second kappa shape index (κ2) is 11.8. The Kier molecular flexibility index (Phi) is 9.12. The maximum Gasteiger partial charge on any atom is 0.242 e. The minimum Gasteiger partial charge on any atom is -0.352 e. The quantitative estimate of drug-likeness (QED) is 0.502. The van der Waals surface area contributed by atoms with Gasteiger partial charge in [-0.15, -0.1) is 11.8 Å². The molecule has 3 rings (SSSR count). The molecule has 7 heteroatoms. The molecule has 2 aromatic rings. The summed E-state index contributed by atoms with van der Waals surface area (Å²) < 4.78 is 0. The van der Waals surface area contributed by atoms with E-state index in [1.807, 2.05) is 36.4 Å². The monoisotopic (exact) mass is 478 g/mol. The first kappa shape index (κ1) is 24.0. The third kappa shape index (κ3) is 7.16. The van der Waals surface area contributed by atoms with Crippen LogP contribution in [0, 0.1) is 0 Å². The van der Waals surface area contributed by atoms with Crippen LogP contribution in [0.1, 0.15) is 43.7 Å². The molecule has 1 aliphatic carbocycles. The van der Waals surface area contributed by atoms with E-state index < -0.39 is 6.04 Å². The fourth-order valence-electron chi connectivity index (χ4n) is 3.72. The van der Waals surface area contributed by atoms with Crippen molar-refractivity contribution in [3.8, 4) is 0 Å². The van der Waals surface area contributed by atoms with Crippen LogP contribution in [0.5, 0.6) is 0 Å². The molecule has 2 amide bonds. The van der Waals surface area contributed by atoms with E-state index in [4.69, 9.17) is 23.2 Å². The van der Waals surface area contributed by atoms with Gasteiger partial charge in [-0.2, -0.15) is 0 Å². The van der Waals surface area contributed by atoms with Crippen molar-refractivity contribution < 1.29 is 9.59 Å². The second-order valence-electron chi connectivity index (χ2n) is 7.90. The summed E-state index contributed by atoms with van der Waals surface area (Å²) in [4.78, 5) is 27.7. The standard InChI is InChI=1S/C24H28Cl2N2O2S/c1-17(24(30)27-21-9-5-6-10-21)28(14-19-11-12-20(25)13-22(19)26)23(29)16-31-15-18-7-3-2-4-8-18/h2-4,7-8,11-13,17,21H,5-6,9-10,14-16H2,1H3,(H,27,30)/t17-/m0/s1. The molecular weight excluding hydrogens is 451 g/mol. The molecule has 1 N–H and O–H groups in total. The smallest absolute Gasteiger partial charge is 0.242 e. The maximum atomic E-state index is 13.2. The minimum atomic E-state index is -0.586. The van der Waals surface area contributed by atoms with Crippen LogP contribution < -0.4 is 5.32 Å². The van der Waals surface area contributed by atoms with E-state index in [2.05, 4.69) is 5.32 Å². The number of thioether (sulfide) groups is 1. The third-order valence-electron chi connectivity index (χ3n) is 5.56. The summed E-state index contributed by atoms with van der Waals surface area (Å²) in [6.07, 6.45) is 4.28. The lowest BCUT2D eigenvalue weighted by molar-refractivity contribution is -0.138. The number of nitrogens with one attached hydrogen (secondary N) is 1. The number of benzene rings is 2. The van der Waals surface area contributed by atoms with Crippen LogP contribution in [0.25, 0.3) is 0 Å². The van der Waals surface area contributed by atoms with Gasteiger partial charge in [0.1, 0.15) is 6.04 Å². The largest absolute Gasteiger partial charge is 0.352 e. The fraction of sp³-hybridized carbons (Fsp3) is 0.417. The molecule has 1 fully saturated rings. The summed E-state index contributed by atoms with van der Waals surface area (Å²) in [7, 11) is 0. The molecule has 0 saturated heterocycles. The summed E-state index contributed by atoms with van der Waals surface area (Å²) >= 11 is 13.9. The summed E-state index contributed by atoms with van der Waals surface area (Å²) in [6.45, 7) is 2.05. The van der Waals surface area contributed by atoms with Gasteiger partial charge in [0, 0.05) is 28.4 Å². The van der Waals surface area contributed by atoms with Crippen LogP contribution in [0.2, 0.25) is 10.0 Å². The van der Waals surface area contributed by atoms with Crippen molar-refractivity contribution in [3.05, 3.63) is 69.7 Å². The minimum absolute atomic E-state index is 0.0824. The van der Waals surface area contributed by atoms with Gasteiger partial charge < -0.3 is 10.2 Å². The molecule has 0 aromatic heterocycles. The van der Waals surface area contributed by atoms with Crippen molar-refractivity contribution in [3.63, 3.8) is 0 Å². The van der Waals surface area contributed by atoms with E-state index in [-0.39, 0.29) is 24.4 Å². The number of nitrogens with zero attached hydrogens (tertiary/aromatic N) is 1. The SMILES string of the molecule is C[C@@H](C(=O)NC1CCCC1)N(Cc1ccc(Cl)cc1Cl)C(=O)CSCc1ccccc1. The van der Waals surface area contributed by atoms with E-state index in [0.29, 0.717) is 15.8 Å². The molecule has 166 valence electrons. The number of hydrogen-bond acceptors (Lipinski definition) is 3. The predicted octanol–water partition coefficient (Wildman–Crippen LogP) is 5.70. The predicted molar refractivity (Wildman–Crippen MR) is 129 cm³/mol. The number of hydrogen-bond donors (Lipinski definition) is 1. The number of amides is 2. The van der Waals surface area contributed by atoms with Crippen molar-refractivity contribution in [2.75, 3.05) is 5.75 Å². The van der Waals surface area contributed by atoms with Gasteiger partial charge in [0.15, 0.2) is 0 Å². The molecule has 0 radical (unpaired) electrons. The number of carbonyl (C=O) groups excluding carboxylic acids is 2. The highest BCUT2D eigenvalue weighted by atomic mass is 35.5. The zero-order valence-corrected chi connectivity index (χ0v) is 20.0. The first-order valence-electron chi connectivity index (χ1n) is 10.6. The number of rotatable bonds is 9. The van der Waals surface area contributed by atoms with Crippen molar-refractivity contribution >= 4 is 46.8 Å². The van der Waals surface area contributed by atoms with E-state index in [9.17, 15) is 9.59 Å². The van der Waals surface area contributed by atoms with Crippen molar-refractivity contribution in [2.45, 2.75) is 57.0 Å². The molecule has 2 aromatic carbocycles. The van der Waals surface area contributed by atoms with Crippen LogP contribution in [-0.2, 0) is 21.9 Å². The van der Waals surface area contributed by atoms with Gasteiger partial charge in [-0.3, -0.25) is 9.59 Å².